The molecule has 8 heteroatoms. The Morgan fingerprint density at radius 3 is 2.62 bits per heavy atom. The first-order valence-electron chi connectivity index (χ1n) is 8.47. The zero-order valence-corrected chi connectivity index (χ0v) is 14.1. The van der Waals surface area contributed by atoms with E-state index in [2.05, 4.69) is 15.0 Å². The summed E-state index contributed by atoms with van der Waals surface area (Å²) < 4.78 is 40.0. The summed E-state index contributed by atoms with van der Waals surface area (Å²) in [4.78, 5) is 13.8. The van der Waals surface area contributed by atoms with E-state index in [4.69, 9.17) is 5.26 Å². The number of alkyl halides is 3. The van der Waals surface area contributed by atoms with Crippen molar-refractivity contribution in [2.24, 2.45) is 5.92 Å². The lowest BCUT2D eigenvalue weighted by Crippen LogP contribution is -2.34. The lowest BCUT2D eigenvalue weighted by atomic mass is 9.85. The van der Waals surface area contributed by atoms with Gasteiger partial charge in [-0.2, -0.15) is 18.4 Å². The van der Waals surface area contributed by atoms with Crippen LogP contribution in [0.25, 0.3) is 11.5 Å². The van der Waals surface area contributed by atoms with Crippen molar-refractivity contribution in [2.75, 3.05) is 18.0 Å². The average Bonchev–Trinajstić information content (AvgIpc) is 2.60. The summed E-state index contributed by atoms with van der Waals surface area (Å²) in [7, 11) is 0. The fourth-order valence-corrected chi connectivity index (χ4v) is 2.82. The molecule has 2 aromatic heterocycles. The predicted octanol–water partition coefficient (Wildman–Crippen LogP) is 4.08. The number of halogens is 3. The van der Waals surface area contributed by atoms with Crippen LogP contribution in [0.15, 0.2) is 30.5 Å². The number of pyridine rings is 1. The van der Waals surface area contributed by atoms with Crippen molar-refractivity contribution in [1.82, 2.24) is 15.0 Å². The average molecular weight is 361 g/mol. The van der Waals surface area contributed by atoms with E-state index < -0.39 is 11.9 Å². The van der Waals surface area contributed by atoms with Gasteiger partial charge in [0.2, 0.25) is 0 Å². The lowest BCUT2D eigenvalue weighted by Gasteiger charge is -2.33. The van der Waals surface area contributed by atoms with Gasteiger partial charge in [-0.3, -0.25) is 4.98 Å². The van der Waals surface area contributed by atoms with Crippen LogP contribution in [0, 0.1) is 17.2 Å². The van der Waals surface area contributed by atoms with Crippen molar-refractivity contribution < 1.29 is 13.2 Å². The number of aromatic nitrogens is 3. The standard InChI is InChI=1S/C18H18F3N5/c19-18(20,21)15-11-16(25-17(24-15)14-7-1-2-9-23-14)26(10-4-8-22)12-13-5-3-6-13/h1-2,7,9,11,13H,3-6,10,12H2. The molecule has 5 nitrogen and oxygen atoms in total. The fraction of sp³-hybridized carbons (Fsp3) is 0.444. The zero-order valence-electron chi connectivity index (χ0n) is 14.1. The molecule has 0 N–H and O–H groups in total. The summed E-state index contributed by atoms with van der Waals surface area (Å²) >= 11 is 0. The minimum Gasteiger partial charge on any atom is -0.355 e. The Morgan fingerprint density at radius 2 is 2.04 bits per heavy atom. The van der Waals surface area contributed by atoms with E-state index in [0.717, 1.165) is 25.3 Å². The molecule has 0 bridgehead atoms. The number of hydrogen-bond acceptors (Lipinski definition) is 5. The fourth-order valence-electron chi connectivity index (χ4n) is 2.82. The lowest BCUT2D eigenvalue weighted by molar-refractivity contribution is -0.141. The molecule has 26 heavy (non-hydrogen) atoms. The van der Waals surface area contributed by atoms with E-state index >= 15 is 0 Å². The second kappa shape index (κ2) is 7.68. The first-order valence-corrected chi connectivity index (χ1v) is 8.47. The second-order valence-corrected chi connectivity index (χ2v) is 6.30. The van der Waals surface area contributed by atoms with E-state index in [-0.39, 0.29) is 23.8 Å². The van der Waals surface area contributed by atoms with E-state index in [1.807, 2.05) is 6.07 Å². The van der Waals surface area contributed by atoms with Gasteiger partial charge in [-0.25, -0.2) is 9.97 Å². The van der Waals surface area contributed by atoms with Crippen molar-refractivity contribution in [3.8, 4) is 17.6 Å². The van der Waals surface area contributed by atoms with Crippen LogP contribution in [0.1, 0.15) is 31.4 Å². The van der Waals surface area contributed by atoms with Crippen molar-refractivity contribution in [2.45, 2.75) is 31.9 Å². The number of anilines is 1. The molecule has 1 saturated carbocycles. The van der Waals surface area contributed by atoms with E-state index in [1.165, 1.54) is 6.20 Å². The number of hydrogen-bond donors (Lipinski definition) is 0. The SMILES string of the molecule is N#CCCN(CC1CCC1)c1cc(C(F)(F)F)nc(-c2ccccn2)n1. The predicted molar refractivity (Wildman–Crippen MR) is 90.0 cm³/mol. The summed E-state index contributed by atoms with van der Waals surface area (Å²) in [5.41, 5.74) is -0.720. The Morgan fingerprint density at radius 1 is 1.23 bits per heavy atom. The first-order chi connectivity index (χ1) is 12.5. The molecular formula is C18H18F3N5. The maximum Gasteiger partial charge on any atom is 0.433 e. The highest BCUT2D eigenvalue weighted by atomic mass is 19.4. The molecular weight excluding hydrogens is 343 g/mol. The van der Waals surface area contributed by atoms with Crippen LogP contribution in [0.5, 0.6) is 0 Å². The summed E-state index contributed by atoms with van der Waals surface area (Å²) in [6, 6.07) is 7.93. The van der Waals surface area contributed by atoms with Gasteiger partial charge in [-0.1, -0.05) is 12.5 Å². The highest BCUT2D eigenvalue weighted by Gasteiger charge is 2.34. The first kappa shape index (κ1) is 18.1. The van der Waals surface area contributed by atoms with Crippen molar-refractivity contribution in [1.29, 1.82) is 5.26 Å². The van der Waals surface area contributed by atoms with Crippen LogP contribution in [-0.4, -0.2) is 28.0 Å². The second-order valence-electron chi connectivity index (χ2n) is 6.30. The Hall–Kier alpha value is -2.69. The molecule has 2 heterocycles. The van der Waals surface area contributed by atoms with Crippen molar-refractivity contribution in [3.63, 3.8) is 0 Å². The van der Waals surface area contributed by atoms with Gasteiger partial charge < -0.3 is 4.90 Å². The van der Waals surface area contributed by atoms with Gasteiger partial charge in [-0.05, 0) is 30.9 Å². The highest BCUT2D eigenvalue weighted by Crippen LogP contribution is 2.33. The zero-order chi connectivity index (χ0) is 18.6. The van der Waals surface area contributed by atoms with Gasteiger partial charge in [0, 0.05) is 25.4 Å². The van der Waals surface area contributed by atoms with Gasteiger partial charge in [0.05, 0.1) is 12.5 Å². The highest BCUT2D eigenvalue weighted by molar-refractivity contribution is 5.54. The molecule has 136 valence electrons. The van der Waals surface area contributed by atoms with E-state index in [0.29, 0.717) is 19.0 Å². The number of nitrogens with zero attached hydrogens (tertiary/aromatic N) is 5. The molecule has 0 amide bonds. The third kappa shape index (κ3) is 4.28. The van der Waals surface area contributed by atoms with Crippen LogP contribution in [0.3, 0.4) is 0 Å². The minimum atomic E-state index is -4.58. The monoisotopic (exact) mass is 361 g/mol. The smallest absolute Gasteiger partial charge is 0.355 e. The molecule has 1 fully saturated rings. The van der Waals surface area contributed by atoms with Crippen molar-refractivity contribution in [3.05, 3.63) is 36.2 Å². The molecule has 0 radical (unpaired) electrons. The molecule has 0 saturated heterocycles. The van der Waals surface area contributed by atoms with Crippen LogP contribution >= 0.6 is 0 Å². The summed E-state index contributed by atoms with van der Waals surface area (Å²) in [5.74, 6) is 0.553. The molecule has 2 aromatic rings. The molecule has 3 rings (SSSR count). The molecule has 0 aliphatic heterocycles. The largest absolute Gasteiger partial charge is 0.433 e. The van der Waals surface area contributed by atoms with Gasteiger partial charge in [0.15, 0.2) is 11.5 Å². The summed E-state index contributed by atoms with van der Waals surface area (Å²) in [6.07, 6.45) is 0.351. The van der Waals surface area contributed by atoms with Crippen LogP contribution in [0.4, 0.5) is 19.0 Å². The van der Waals surface area contributed by atoms with Crippen LogP contribution in [0.2, 0.25) is 0 Å². The quantitative estimate of drug-likeness (QED) is 0.776. The Labute approximate surface area is 149 Å². The molecule has 1 aliphatic carbocycles. The summed E-state index contributed by atoms with van der Waals surface area (Å²) in [5, 5.41) is 8.88. The van der Waals surface area contributed by atoms with E-state index in [9.17, 15) is 13.2 Å². The van der Waals surface area contributed by atoms with E-state index in [1.54, 1.807) is 23.1 Å². The van der Waals surface area contributed by atoms with Gasteiger partial charge in [0.25, 0.3) is 0 Å². The Kier molecular flexibility index (Phi) is 5.35. The minimum absolute atomic E-state index is 0.0639. The topological polar surface area (TPSA) is 65.7 Å². The van der Waals surface area contributed by atoms with Gasteiger partial charge in [0.1, 0.15) is 11.5 Å². The van der Waals surface area contributed by atoms with Crippen LogP contribution in [-0.2, 0) is 6.18 Å². The third-order valence-corrected chi connectivity index (χ3v) is 4.42. The van der Waals surface area contributed by atoms with Crippen LogP contribution < -0.4 is 4.90 Å². The molecule has 0 unspecified atom stereocenters. The Balaban J connectivity index is 2.01. The Bertz CT molecular complexity index is 782. The number of nitriles is 1. The maximum atomic E-state index is 13.3. The third-order valence-electron chi connectivity index (χ3n) is 4.42. The maximum absolute atomic E-state index is 13.3. The normalized spacial score (nSPS) is 14.5. The number of rotatable bonds is 6. The molecule has 0 spiro atoms. The van der Waals surface area contributed by atoms with Gasteiger partial charge in [-0.15, -0.1) is 0 Å². The molecule has 0 aromatic carbocycles. The molecule has 0 atom stereocenters. The van der Waals surface area contributed by atoms with Crippen molar-refractivity contribution >= 4 is 5.82 Å². The summed E-state index contributed by atoms with van der Waals surface area (Å²) in [6.45, 7) is 0.931. The molecule has 1 aliphatic rings. The van der Waals surface area contributed by atoms with Gasteiger partial charge >= 0.3 is 6.18 Å².